The zero-order valence-electron chi connectivity index (χ0n) is 10.3. The van der Waals surface area contributed by atoms with Crippen LogP contribution in [-0.2, 0) is 0 Å². The van der Waals surface area contributed by atoms with Gasteiger partial charge >= 0.3 is 0 Å². The fraction of sp³-hybridized carbons (Fsp3) is 0.500. The first kappa shape index (κ1) is 12.3. The van der Waals surface area contributed by atoms with E-state index in [1.54, 1.807) is 6.92 Å². The van der Waals surface area contributed by atoms with Gasteiger partial charge in [-0.15, -0.1) is 0 Å². The van der Waals surface area contributed by atoms with Crippen molar-refractivity contribution in [3.05, 3.63) is 35.4 Å². The Balaban J connectivity index is 2.12. The molecule has 1 fully saturated rings. The van der Waals surface area contributed by atoms with Crippen LogP contribution in [0, 0.1) is 0 Å². The van der Waals surface area contributed by atoms with Crippen LogP contribution in [0.3, 0.4) is 0 Å². The molecule has 0 amide bonds. The van der Waals surface area contributed by atoms with Gasteiger partial charge in [0.2, 0.25) is 0 Å². The number of rotatable bonds is 3. The first-order valence-electron chi connectivity index (χ1n) is 6.11. The van der Waals surface area contributed by atoms with Crippen LogP contribution < -0.4 is 5.73 Å². The Labute approximate surface area is 102 Å². The minimum atomic E-state index is -0.163. The lowest BCUT2D eigenvalue weighted by Crippen LogP contribution is -2.73. The number of Topliss-reactive ketones (excluding diaryl/α,β-unsaturated/α-hetero) is 1. The van der Waals surface area contributed by atoms with Gasteiger partial charge in [-0.05, 0) is 24.8 Å². The number of carbonyl (C=O) groups excluding carboxylic acids is 1. The maximum absolute atomic E-state index is 11.2. The van der Waals surface area contributed by atoms with E-state index in [4.69, 9.17) is 0 Å². The molecule has 0 radical (unpaired) electrons. The number of aliphatic hydroxyl groups excluding tert-OH is 1. The van der Waals surface area contributed by atoms with E-state index < -0.39 is 0 Å². The highest BCUT2D eigenvalue weighted by Gasteiger charge is 2.39. The lowest BCUT2D eigenvalue weighted by Gasteiger charge is -2.17. The van der Waals surface area contributed by atoms with Crippen molar-refractivity contribution in [1.29, 1.82) is 0 Å². The number of quaternary nitrogens is 1. The molecular formula is C14H20NO2+. The summed E-state index contributed by atoms with van der Waals surface area (Å²) in [6.07, 6.45) is 2.98. The number of ketones is 1. The summed E-state index contributed by atoms with van der Waals surface area (Å²) < 4.78 is 0. The van der Waals surface area contributed by atoms with Crippen molar-refractivity contribution in [3.63, 3.8) is 0 Å². The molecule has 2 atom stereocenters. The highest BCUT2D eigenvalue weighted by atomic mass is 16.3. The maximum Gasteiger partial charge on any atom is 0.159 e. The lowest BCUT2D eigenvalue weighted by atomic mass is 9.93. The van der Waals surface area contributed by atoms with Crippen molar-refractivity contribution in [2.45, 2.75) is 37.6 Å². The van der Waals surface area contributed by atoms with Gasteiger partial charge in [0.05, 0.1) is 6.61 Å². The Kier molecular flexibility index (Phi) is 3.31. The lowest BCUT2D eigenvalue weighted by molar-refractivity contribution is -0.481. The average Bonchev–Trinajstić information content (AvgIpc) is 2.73. The molecule has 0 spiro atoms. The van der Waals surface area contributed by atoms with Crippen molar-refractivity contribution >= 4 is 5.78 Å². The van der Waals surface area contributed by atoms with Crippen LogP contribution in [0.25, 0.3) is 0 Å². The molecular weight excluding hydrogens is 214 g/mol. The summed E-state index contributed by atoms with van der Waals surface area (Å²) in [6.45, 7) is 1.74. The Hall–Kier alpha value is -1.19. The van der Waals surface area contributed by atoms with Gasteiger partial charge in [0.25, 0.3) is 0 Å². The van der Waals surface area contributed by atoms with Crippen LogP contribution in [-0.4, -0.2) is 23.0 Å². The monoisotopic (exact) mass is 234 g/mol. The topological polar surface area (TPSA) is 64.9 Å². The first-order valence-corrected chi connectivity index (χ1v) is 6.11. The van der Waals surface area contributed by atoms with Gasteiger partial charge in [0, 0.05) is 18.4 Å². The Morgan fingerprint density at radius 3 is 2.59 bits per heavy atom. The van der Waals surface area contributed by atoms with Gasteiger partial charge < -0.3 is 10.8 Å². The maximum atomic E-state index is 11.2. The summed E-state index contributed by atoms with van der Waals surface area (Å²) in [5.74, 6) is 0.575. The molecule has 1 aliphatic carbocycles. The molecule has 1 saturated carbocycles. The van der Waals surface area contributed by atoms with E-state index >= 15 is 0 Å². The Bertz CT molecular complexity index is 413. The van der Waals surface area contributed by atoms with Crippen molar-refractivity contribution in [2.75, 3.05) is 6.61 Å². The molecule has 0 unspecified atom stereocenters. The van der Waals surface area contributed by atoms with E-state index in [2.05, 4.69) is 5.73 Å². The summed E-state index contributed by atoms with van der Waals surface area (Å²) in [5, 5.41) is 9.30. The molecule has 0 bridgehead atoms. The molecule has 0 aliphatic heterocycles. The third-order valence-electron chi connectivity index (χ3n) is 3.83. The van der Waals surface area contributed by atoms with Gasteiger partial charge in [0.15, 0.2) is 5.78 Å². The van der Waals surface area contributed by atoms with Crippen molar-refractivity contribution in [3.8, 4) is 0 Å². The average molecular weight is 234 g/mol. The van der Waals surface area contributed by atoms with Crippen LogP contribution >= 0.6 is 0 Å². The number of aliphatic hydroxyl groups is 1. The minimum absolute atomic E-state index is 0.102. The number of benzene rings is 1. The molecule has 92 valence electrons. The molecule has 0 aromatic heterocycles. The highest BCUT2D eigenvalue weighted by molar-refractivity contribution is 5.94. The fourth-order valence-electron chi connectivity index (χ4n) is 2.63. The van der Waals surface area contributed by atoms with Crippen molar-refractivity contribution < 1.29 is 15.6 Å². The molecule has 1 aromatic rings. The Morgan fingerprint density at radius 1 is 1.47 bits per heavy atom. The molecule has 3 nitrogen and oxygen atoms in total. The Morgan fingerprint density at radius 2 is 2.12 bits per heavy atom. The van der Waals surface area contributed by atoms with E-state index in [9.17, 15) is 9.90 Å². The van der Waals surface area contributed by atoms with Crippen LogP contribution in [0.5, 0.6) is 0 Å². The third kappa shape index (κ3) is 2.56. The van der Waals surface area contributed by atoms with E-state index in [0.717, 1.165) is 24.8 Å². The molecule has 3 heteroatoms. The molecule has 1 aliphatic rings. The first-order chi connectivity index (χ1) is 8.04. The number of hydrogen-bond donors (Lipinski definition) is 2. The fourth-order valence-corrected chi connectivity index (χ4v) is 2.63. The standard InChI is InChI=1S/C14H19NO2/c1-10(17)11-2-4-12(5-3-11)13-6-7-14(15,8-13)9-16/h2-5,13,16H,6-9,15H2,1H3/p+1/t13-,14+/m0/s1. The molecule has 0 saturated heterocycles. The van der Waals surface area contributed by atoms with Crippen LogP contribution in [0.15, 0.2) is 24.3 Å². The summed E-state index contributed by atoms with van der Waals surface area (Å²) in [4.78, 5) is 11.2. The summed E-state index contributed by atoms with van der Waals surface area (Å²) in [6, 6.07) is 7.84. The third-order valence-corrected chi connectivity index (χ3v) is 3.83. The van der Waals surface area contributed by atoms with Gasteiger partial charge in [-0.2, -0.15) is 0 Å². The van der Waals surface area contributed by atoms with Crippen LogP contribution in [0.1, 0.15) is 48.0 Å². The quantitative estimate of drug-likeness (QED) is 0.770. The van der Waals surface area contributed by atoms with Gasteiger partial charge in [-0.25, -0.2) is 0 Å². The molecule has 17 heavy (non-hydrogen) atoms. The van der Waals surface area contributed by atoms with Crippen molar-refractivity contribution in [1.82, 2.24) is 0 Å². The zero-order valence-corrected chi connectivity index (χ0v) is 10.3. The summed E-state index contributed by atoms with van der Waals surface area (Å²) in [7, 11) is 0. The van der Waals surface area contributed by atoms with Gasteiger partial charge in [0.1, 0.15) is 5.54 Å². The number of hydrogen-bond acceptors (Lipinski definition) is 2. The number of carbonyl (C=O) groups is 1. The second-order valence-corrected chi connectivity index (χ2v) is 5.28. The molecule has 1 aromatic carbocycles. The van der Waals surface area contributed by atoms with Gasteiger partial charge in [-0.3, -0.25) is 4.79 Å². The predicted molar refractivity (Wildman–Crippen MR) is 65.7 cm³/mol. The van der Waals surface area contributed by atoms with E-state index in [1.807, 2.05) is 24.3 Å². The van der Waals surface area contributed by atoms with E-state index in [-0.39, 0.29) is 17.9 Å². The van der Waals surface area contributed by atoms with Gasteiger partial charge in [-0.1, -0.05) is 24.3 Å². The van der Waals surface area contributed by atoms with Crippen LogP contribution in [0.2, 0.25) is 0 Å². The smallest absolute Gasteiger partial charge is 0.159 e. The second kappa shape index (κ2) is 4.59. The summed E-state index contributed by atoms with van der Waals surface area (Å²) in [5.41, 5.74) is 5.96. The second-order valence-electron chi connectivity index (χ2n) is 5.28. The molecule has 2 rings (SSSR count). The SMILES string of the molecule is CC(=O)c1ccc([C@H]2CC[C@]([NH3+])(CO)C2)cc1. The molecule has 4 N–H and O–H groups in total. The zero-order chi connectivity index (χ0) is 12.5. The van der Waals surface area contributed by atoms with Crippen molar-refractivity contribution in [2.24, 2.45) is 0 Å². The van der Waals surface area contributed by atoms with E-state index in [1.165, 1.54) is 5.56 Å². The van der Waals surface area contributed by atoms with E-state index in [0.29, 0.717) is 5.92 Å². The predicted octanol–water partition coefficient (Wildman–Crippen LogP) is 1.13. The normalized spacial score (nSPS) is 28.3. The summed E-state index contributed by atoms with van der Waals surface area (Å²) >= 11 is 0. The largest absolute Gasteiger partial charge is 0.390 e. The highest BCUT2D eigenvalue weighted by Crippen LogP contribution is 2.38. The minimum Gasteiger partial charge on any atom is -0.390 e. The molecule has 0 heterocycles. The van der Waals surface area contributed by atoms with Crippen LogP contribution in [0.4, 0.5) is 0 Å².